The van der Waals surface area contributed by atoms with Crippen molar-refractivity contribution in [3.05, 3.63) is 46.1 Å². The zero-order valence-electron chi connectivity index (χ0n) is 17.7. The van der Waals surface area contributed by atoms with Gasteiger partial charge in [-0.05, 0) is 45.6 Å². The molecule has 0 saturated carbocycles. The van der Waals surface area contributed by atoms with Gasteiger partial charge >= 0.3 is 6.18 Å². The van der Waals surface area contributed by atoms with E-state index in [1.807, 2.05) is 45.0 Å². The molecule has 0 unspecified atom stereocenters. The lowest BCUT2D eigenvalue weighted by molar-refractivity contribution is -0.173. The zero-order valence-corrected chi connectivity index (χ0v) is 18.5. The first-order valence-corrected chi connectivity index (χ1v) is 11.0. The number of alkyl halides is 3. The van der Waals surface area contributed by atoms with Crippen molar-refractivity contribution < 1.29 is 18.0 Å². The van der Waals surface area contributed by atoms with Gasteiger partial charge in [0.15, 0.2) is 11.7 Å². The molecule has 31 heavy (non-hydrogen) atoms. The zero-order chi connectivity index (χ0) is 22.5. The topological polar surface area (TPSA) is 50.2 Å². The van der Waals surface area contributed by atoms with Crippen molar-refractivity contribution in [1.29, 1.82) is 0 Å². The van der Waals surface area contributed by atoms with Crippen molar-refractivity contribution in [2.24, 2.45) is 0 Å². The first-order chi connectivity index (χ1) is 14.6. The summed E-state index contributed by atoms with van der Waals surface area (Å²) in [6.45, 7) is 5.81. The second-order valence-electron chi connectivity index (χ2n) is 8.70. The second kappa shape index (κ2) is 8.04. The molecule has 1 N–H and O–H groups in total. The molecular weight excluding hydrogens is 429 g/mol. The lowest BCUT2D eigenvalue weighted by Crippen LogP contribution is -2.47. The fourth-order valence-electron chi connectivity index (χ4n) is 4.69. The Morgan fingerprint density at radius 3 is 2.35 bits per heavy atom. The fourth-order valence-corrected chi connectivity index (χ4v) is 4.95. The minimum absolute atomic E-state index is 0.0160. The monoisotopic (exact) mass is 454 g/mol. The third-order valence-corrected chi connectivity index (χ3v) is 6.76. The summed E-state index contributed by atoms with van der Waals surface area (Å²) >= 11 is 6.48. The number of amides is 1. The van der Waals surface area contributed by atoms with Crippen LogP contribution >= 0.6 is 11.6 Å². The molecule has 1 amide bonds. The van der Waals surface area contributed by atoms with Crippen LogP contribution in [0.3, 0.4) is 0 Å². The van der Waals surface area contributed by atoms with Gasteiger partial charge < -0.3 is 10.2 Å². The minimum Gasteiger partial charge on any atom is -0.362 e. The van der Waals surface area contributed by atoms with Gasteiger partial charge in [-0.3, -0.25) is 4.79 Å². The van der Waals surface area contributed by atoms with E-state index in [1.165, 1.54) is 0 Å². The number of carbonyl (C=O) groups excluding carboxylic acids is 1. The van der Waals surface area contributed by atoms with Crippen molar-refractivity contribution in [2.75, 3.05) is 5.32 Å². The molecule has 5 nitrogen and oxygen atoms in total. The minimum atomic E-state index is -4.53. The van der Waals surface area contributed by atoms with Crippen LogP contribution in [0, 0.1) is 6.92 Å². The lowest BCUT2D eigenvalue weighted by Gasteiger charge is -2.38. The first kappa shape index (κ1) is 22.0. The highest BCUT2D eigenvalue weighted by Crippen LogP contribution is 2.46. The van der Waals surface area contributed by atoms with Gasteiger partial charge in [0.05, 0.1) is 6.04 Å². The molecule has 2 aromatic rings. The number of nitrogens with one attached hydrogen (secondary N) is 1. The number of hydrogen-bond donors (Lipinski definition) is 1. The van der Waals surface area contributed by atoms with Crippen LogP contribution in [0.2, 0.25) is 5.02 Å². The Bertz CT molecular complexity index is 962. The average Bonchev–Trinajstić information content (AvgIpc) is 3.03. The number of carbonyl (C=O) groups is 1. The Morgan fingerprint density at radius 2 is 1.77 bits per heavy atom. The second-order valence-corrected chi connectivity index (χ2v) is 9.08. The maximum atomic E-state index is 14.0. The summed E-state index contributed by atoms with van der Waals surface area (Å²) in [6, 6.07) is 4.85. The molecule has 1 aromatic carbocycles. The normalized spacial score (nSPS) is 26.4. The molecule has 2 aliphatic rings. The van der Waals surface area contributed by atoms with Crippen LogP contribution in [0.1, 0.15) is 73.2 Å². The summed E-state index contributed by atoms with van der Waals surface area (Å²) in [6.07, 6.45) is -2.06. The summed E-state index contributed by atoms with van der Waals surface area (Å²) in [5, 5.41) is 7.14. The van der Waals surface area contributed by atoms with Crippen LogP contribution in [0.25, 0.3) is 0 Å². The fraction of sp³-hybridized carbons (Fsp3) is 0.545. The number of likely N-dealkylation sites (tertiary alicyclic amines) is 1. The number of aryl methyl sites for hydroxylation is 1. The van der Waals surface area contributed by atoms with Crippen molar-refractivity contribution in [3.8, 4) is 0 Å². The summed E-state index contributed by atoms with van der Waals surface area (Å²) in [5.41, 5.74) is 1.63. The molecule has 0 radical (unpaired) electrons. The third-order valence-electron chi connectivity index (χ3n) is 6.41. The number of hydrogen-bond acceptors (Lipinski definition) is 3. The number of rotatable bonds is 2. The number of aromatic nitrogens is 2. The Balaban J connectivity index is 1.74. The van der Waals surface area contributed by atoms with E-state index in [0.29, 0.717) is 0 Å². The average molecular weight is 455 g/mol. The summed E-state index contributed by atoms with van der Waals surface area (Å²) < 4.78 is 42.7. The third kappa shape index (κ3) is 4.02. The predicted molar refractivity (Wildman–Crippen MR) is 113 cm³/mol. The SMILES string of the molecule is Cc1ccc([C@H]2C[C@H](C(F)(F)F)n3nc(C(=O)N4[C@H](C)CCC[C@@H]4C)c(Cl)c3N2)cc1. The lowest BCUT2D eigenvalue weighted by atomic mass is 9.96. The van der Waals surface area contributed by atoms with E-state index in [-0.39, 0.29) is 35.0 Å². The van der Waals surface area contributed by atoms with E-state index in [1.54, 1.807) is 4.90 Å². The van der Waals surface area contributed by atoms with Crippen LogP contribution in [-0.4, -0.2) is 38.8 Å². The van der Waals surface area contributed by atoms with Gasteiger partial charge in [-0.2, -0.15) is 18.3 Å². The van der Waals surface area contributed by atoms with E-state index in [9.17, 15) is 18.0 Å². The van der Waals surface area contributed by atoms with Crippen molar-refractivity contribution in [2.45, 2.75) is 76.8 Å². The summed E-state index contributed by atoms with van der Waals surface area (Å²) in [5.74, 6) is -0.373. The highest BCUT2D eigenvalue weighted by Gasteiger charge is 2.48. The molecule has 4 rings (SSSR count). The van der Waals surface area contributed by atoms with Crippen LogP contribution in [-0.2, 0) is 0 Å². The van der Waals surface area contributed by atoms with Gasteiger partial charge in [0, 0.05) is 18.5 Å². The van der Waals surface area contributed by atoms with E-state index in [0.717, 1.165) is 35.1 Å². The van der Waals surface area contributed by atoms with Crippen LogP contribution in [0.4, 0.5) is 19.0 Å². The number of fused-ring (bicyclic) bond motifs is 1. The van der Waals surface area contributed by atoms with Gasteiger partial charge in [0.25, 0.3) is 5.91 Å². The molecule has 1 fully saturated rings. The summed E-state index contributed by atoms with van der Waals surface area (Å²) in [4.78, 5) is 15.0. The number of anilines is 1. The molecule has 4 atom stereocenters. The van der Waals surface area contributed by atoms with E-state index in [2.05, 4.69) is 10.4 Å². The van der Waals surface area contributed by atoms with E-state index in [4.69, 9.17) is 11.6 Å². The smallest absolute Gasteiger partial charge is 0.362 e. The molecular formula is C22H26ClF3N4O. The molecule has 1 aromatic heterocycles. The predicted octanol–water partition coefficient (Wildman–Crippen LogP) is 5.91. The Hall–Kier alpha value is -2.22. The highest BCUT2D eigenvalue weighted by molar-refractivity contribution is 6.36. The molecule has 0 aliphatic carbocycles. The molecule has 0 spiro atoms. The largest absolute Gasteiger partial charge is 0.410 e. The first-order valence-electron chi connectivity index (χ1n) is 10.6. The standard InChI is InChI=1S/C22H26ClF3N4O/c1-12-7-9-15(10-8-12)16-11-17(22(24,25)26)30-20(27-16)18(23)19(28-30)21(31)29-13(2)5-4-6-14(29)3/h7-10,13-14,16-17,27H,4-6,11H2,1-3H3/t13-,14+,16-,17-/m1/s1. The van der Waals surface area contributed by atoms with Crippen LogP contribution < -0.4 is 5.32 Å². The van der Waals surface area contributed by atoms with Crippen LogP contribution in [0.5, 0.6) is 0 Å². The van der Waals surface area contributed by atoms with E-state index >= 15 is 0 Å². The van der Waals surface area contributed by atoms with Gasteiger partial charge in [-0.1, -0.05) is 41.4 Å². The maximum absolute atomic E-state index is 14.0. The van der Waals surface area contributed by atoms with Crippen LogP contribution in [0.15, 0.2) is 24.3 Å². The summed E-state index contributed by atoms with van der Waals surface area (Å²) in [7, 11) is 0. The molecule has 3 heterocycles. The quantitative estimate of drug-likeness (QED) is 0.613. The Kier molecular flexibility index (Phi) is 5.70. The van der Waals surface area contributed by atoms with Gasteiger partial charge in [-0.15, -0.1) is 0 Å². The van der Waals surface area contributed by atoms with Gasteiger partial charge in [-0.25, -0.2) is 4.68 Å². The van der Waals surface area contributed by atoms with Crippen molar-refractivity contribution in [3.63, 3.8) is 0 Å². The number of benzene rings is 1. The molecule has 1 saturated heterocycles. The van der Waals surface area contributed by atoms with Crippen molar-refractivity contribution in [1.82, 2.24) is 14.7 Å². The van der Waals surface area contributed by atoms with Crippen molar-refractivity contribution >= 4 is 23.3 Å². The molecule has 0 bridgehead atoms. The molecule has 9 heteroatoms. The highest BCUT2D eigenvalue weighted by atomic mass is 35.5. The number of halogens is 4. The van der Waals surface area contributed by atoms with Gasteiger partial charge in [0.2, 0.25) is 0 Å². The maximum Gasteiger partial charge on any atom is 0.410 e. The number of nitrogens with zero attached hydrogens (tertiary/aromatic N) is 3. The molecule has 2 aliphatic heterocycles. The van der Waals surface area contributed by atoms with E-state index < -0.39 is 24.2 Å². The molecule has 168 valence electrons. The Morgan fingerprint density at radius 1 is 1.16 bits per heavy atom. The Labute approximate surface area is 184 Å². The number of piperidine rings is 1. The van der Waals surface area contributed by atoms with Gasteiger partial charge in [0.1, 0.15) is 10.8 Å².